The summed E-state index contributed by atoms with van der Waals surface area (Å²) < 4.78 is 11.3. The highest BCUT2D eigenvalue weighted by Crippen LogP contribution is 2.34. The van der Waals surface area contributed by atoms with Crippen LogP contribution in [0.1, 0.15) is 30.7 Å². The summed E-state index contributed by atoms with van der Waals surface area (Å²) in [7, 11) is 0. The van der Waals surface area contributed by atoms with E-state index in [0.717, 1.165) is 36.7 Å². The Bertz CT molecular complexity index is 716. The van der Waals surface area contributed by atoms with Crippen molar-refractivity contribution < 1.29 is 13.9 Å². The molecule has 0 spiro atoms. The van der Waals surface area contributed by atoms with Crippen LogP contribution in [0.2, 0.25) is 0 Å². The van der Waals surface area contributed by atoms with E-state index in [1.54, 1.807) is 6.26 Å². The van der Waals surface area contributed by atoms with Gasteiger partial charge in [-0.1, -0.05) is 0 Å². The third kappa shape index (κ3) is 3.37. The lowest BCUT2D eigenvalue weighted by atomic mass is 9.98. The van der Waals surface area contributed by atoms with Crippen molar-refractivity contribution in [3.63, 3.8) is 0 Å². The highest BCUT2D eigenvalue weighted by molar-refractivity contribution is 5.80. The Labute approximate surface area is 146 Å². The number of hydrogen-bond donors (Lipinski definition) is 1. The summed E-state index contributed by atoms with van der Waals surface area (Å²) in [6.45, 7) is 3.21. The standard InChI is InChI=1S/C18H22N4O3/c1-12-4-7-17(21-20-12)22-9-8-15-14(22)5-6-16(25-15)18(23)19-11-13-3-2-10-24-13/h2-4,7,10,14-16H,5-6,8-9,11H2,1H3,(H,19,23)/t14-,15-,16-/m0/s1. The molecule has 0 radical (unpaired) electrons. The molecule has 2 aromatic rings. The average Bonchev–Trinajstić information content (AvgIpc) is 3.29. The van der Waals surface area contributed by atoms with Crippen LogP contribution in [-0.2, 0) is 16.1 Å². The zero-order valence-electron chi connectivity index (χ0n) is 14.2. The van der Waals surface area contributed by atoms with Gasteiger partial charge in [0.05, 0.1) is 30.6 Å². The van der Waals surface area contributed by atoms with Gasteiger partial charge in [-0.3, -0.25) is 4.79 Å². The highest BCUT2D eigenvalue weighted by Gasteiger charge is 2.42. The highest BCUT2D eigenvalue weighted by atomic mass is 16.5. The molecule has 3 atom stereocenters. The van der Waals surface area contributed by atoms with E-state index in [2.05, 4.69) is 20.4 Å². The molecule has 4 heterocycles. The van der Waals surface area contributed by atoms with Crippen LogP contribution in [0.5, 0.6) is 0 Å². The molecule has 0 aliphatic carbocycles. The lowest BCUT2D eigenvalue weighted by Gasteiger charge is -2.35. The molecule has 0 aromatic carbocycles. The smallest absolute Gasteiger partial charge is 0.249 e. The maximum absolute atomic E-state index is 12.4. The molecule has 0 bridgehead atoms. The van der Waals surface area contributed by atoms with Crippen molar-refractivity contribution >= 4 is 11.7 Å². The molecule has 2 fully saturated rings. The van der Waals surface area contributed by atoms with Crippen LogP contribution < -0.4 is 10.2 Å². The number of carbonyl (C=O) groups is 1. The first kappa shape index (κ1) is 16.1. The fourth-order valence-electron chi connectivity index (χ4n) is 3.65. The molecule has 2 aromatic heterocycles. The number of rotatable bonds is 4. The predicted molar refractivity (Wildman–Crippen MR) is 91.0 cm³/mol. The van der Waals surface area contributed by atoms with Gasteiger partial charge < -0.3 is 19.4 Å². The van der Waals surface area contributed by atoms with Gasteiger partial charge in [0, 0.05) is 6.54 Å². The number of furan rings is 1. The monoisotopic (exact) mass is 342 g/mol. The van der Waals surface area contributed by atoms with E-state index < -0.39 is 0 Å². The molecule has 4 rings (SSSR count). The summed E-state index contributed by atoms with van der Waals surface area (Å²) in [5.41, 5.74) is 0.910. The van der Waals surface area contributed by atoms with Crippen molar-refractivity contribution in [3.8, 4) is 0 Å². The Morgan fingerprint density at radius 3 is 2.96 bits per heavy atom. The molecule has 25 heavy (non-hydrogen) atoms. The minimum absolute atomic E-state index is 0.0659. The van der Waals surface area contributed by atoms with Crippen LogP contribution in [0, 0.1) is 6.92 Å². The first-order valence-corrected chi connectivity index (χ1v) is 8.73. The van der Waals surface area contributed by atoms with E-state index in [0.29, 0.717) is 13.0 Å². The molecule has 1 N–H and O–H groups in total. The van der Waals surface area contributed by atoms with Gasteiger partial charge in [0.1, 0.15) is 11.9 Å². The normalized spacial score (nSPS) is 25.6. The summed E-state index contributed by atoms with van der Waals surface area (Å²) in [6, 6.07) is 7.91. The summed E-state index contributed by atoms with van der Waals surface area (Å²) >= 11 is 0. The quantitative estimate of drug-likeness (QED) is 0.913. The number of hydrogen-bond acceptors (Lipinski definition) is 6. The van der Waals surface area contributed by atoms with Crippen LogP contribution >= 0.6 is 0 Å². The number of aryl methyl sites for hydroxylation is 1. The van der Waals surface area contributed by atoms with E-state index >= 15 is 0 Å². The third-order valence-electron chi connectivity index (χ3n) is 4.94. The summed E-state index contributed by atoms with van der Waals surface area (Å²) in [6.07, 6.45) is 3.81. The minimum atomic E-state index is -0.389. The van der Waals surface area contributed by atoms with Crippen molar-refractivity contribution in [3.05, 3.63) is 42.0 Å². The number of fused-ring (bicyclic) bond motifs is 1. The molecule has 0 saturated carbocycles. The molecule has 7 nitrogen and oxygen atoms in total. The minimum Gasteiger partial charge on any atom is -0.467 e. The van der Waals surface area contributed by atoms with Gasteiger partial charge in [-0.05, 0) is 50.5 Å². The Hall–Kier alpha value is -2.41. The summed E-state index contributed by atoms with van der Waals surface area (Å²) in [5.74, 6) is 1.57. The van der Waals surface area contributed by atoms with Gasteiger partial charge in [0.15, 0.2) is 5.82 Å². The van der Waals surface area contributed by atoms with Crippen molar-refractivity contribution in [1.82, 2.24) is 15.5 Å². The number of nitrogens with one attached hydrogen (secondary N) is 1. The van der Waals surface area contributed by atoms with E-state index in [1.807, 2.05) is 31.2 Å². The molecule has 0 unspecified atom stereocenters. The van der Waals surface area contributed by atoms with Gasteiger partial charge in [0.25, 0.3) is 0 Å². The predicted octanol–water partition coefficient (Wildman–Crippen LogP) is 1.82. The van der Waals surface area contributed by atoms with E-state index in [9.17, 15) is 4.79 Å². The SMILES string of the molecule is Cc1ccc(N2CC[C@@H]3O[C@H](C(=O)NCc4ccco4)CC[C@@H]32)nn1. The van der Waals surface area contributed by atoms with Crippen LogP contribution in [-0.4, -0.2) is 40.9 Å². The molecule has 7 heteroatoms. The van der Waals surface area contributed by atoms with E-state index in [1.165, 1.54) is 0 Å². The Morgan fingerprint density at radius 1 is 1.28 bits per heavy atom. The first-order chi connectivity index (χ1) is 12.2. The Balaban J connectivity index is 1.35. The second kappa shape index (κ2) is 6.84. The molecule has 132 valence electrons. The first-order valence-electron chi connectivity index (χ1n) is 8.73. The number of carbonyl (C=O) groups excluding carboxylic acids is 1. The lowest BCUT2D eigenvalue weighted by Crippen LogP contribution is -2.48. The van der Waals surface area contributed by atoms with Crippen LogP contribution in [0.25, 0.3) is 0 Å². The Morgan fingerprint density at radius 2 is 2.20 bits per heavy atom. The van der Waals surface area contributed by atoms with Gasteiger partial charge in [0.2, 0.25) is 5.91 Å². The fraction of sp³-hybridized carbons (Fsp3) is 0.500. The van der Waals surface area contributed by atoms with Crippen molar-refractivity contribution in [1.29, 1.82) is 0 Å². The molecular weight excluding hydrogens is 320 g/mol. The van der Waals surface area contributed by atoms with E-state index in [-0.39, 0.29) is 24.2 Å². The van der Waals surface area contributed by atoms with Crippen LogP contribution in [0.4, 0.5) is 5.82 Å². The van der Waals surface area contributed by atoms with Crippen LogP contribution in [0.15, 0.2) is 34.9 Å². The number of ether oxygens (including phenoxy) is 1. The van der Waals surface area contributed by atoms with E-state index in [4.69, 9.17) is 9.15 Å². The average molecular weight is 342 g/mol. The topological polar surface area (TPSA) is 80.5 Å². The molecule has 2 aliphatic heterocycles. The zero-order valence-corrected chi connectivity index (χ0v) is 14.2. The number of nitrogens with zero attached hydrogens (tertiary/aromatic N) is 3. The second-order valence-corrected chi connectivity index (χ2v) is 6.62. The maximum Gasteiger partial charge on any atom is 0.249 e. The van der Waals surface area contributed by atoms with Crippen molar-refractivity contribution in [2.45, 2.75) is 51.0 Å². The molecule has 2 aliphatic rings. The number of anilines is 1. The Kier molecular flexibility index (Phi) is 4.40. The zero-order chi connectivity index (χ0) is 17.2. The van der Waals surface area contributed by atoms with Crippen molar-refractivity contribution in [2.75, 3.05) is 11.4 Å². The summed E-state index contributed by atoms with van der Waals surface area (Å²) in [4.78, 5) is 14.6. The third-order valence-corrected chi connectivity index (χ3v) is 4.94. The van der Waals surface area contributed by atoms with Gasteiger partial charge >= 0.3 is 0 Å². The number of aromatic nitrogens is 2. The van der Waals surface area contributed by atoms with Crippen molar-refractivity contribution in [2.24, 2.45) is 0 Å². The van der Waals surface area contributed by atoms with Gasteiger partial charge in [-0.2, -0.15) is 5.10 Å². The molecular formula is C18H22N4O3. The molecule has 2 saturated heterocycles. The van der Waals surface area contributed by atoms with Gasteiger partial charge in [-0.25, -0.2) is 0 Å². The summed E-state index contributed by atoms with van der Waals surface area (Å²) in [5, 5.41) is 11.3. The molecule has 1 amide bonds. The largest absolute Gasteiger partial charge is 0.467 e. The van der Waals surface area contributed by atoms with Gasteiger partial charge in [-0.15, -0.1) is 5.10 Å². The second-order valence-electron chi connectivity index (χ2n) is 6.62. The van der Waals surface area contributed by atoms with Crippen LogP contribution in [0.3, 0.4) is 0 Å². The fourth-order valence-corrected chi connectivity index (χ4v) is 3.65. The number of amides is 1. The lowest BCUT2D eigenvalue weighted by molar-refractivity contribution is -0.141. The maximum atomic E-state index is 12.4.